The van der Waals surface area contributed by atoms with Crippen LogP contribution >= 0.6 is 0 Å². The van der Waals surface area contributed by atoms with Gasteiger partial charge >= 0.3 is 6.09 Å². The summed E-state index contributed by atoms with van der Waals surface area (Å²) in [5.74, 6) is -0.229. The van der Waals surface area contributed by atoms with E-state index in [2.05, 4.69) is 10.3 Å². The lowest BCUT2D eigenvalue weighted by molar-refractivity contribution is 0.0950. The summed E-state index contributed by atoms with van der Waals surface area (Å²) in [7, 11) is -3.64. The number of benzene rings is 1. The average Bonchev–Trinajstić information content (AvgIpc) is 3.50. The van der Waals surface area contributed by atoms with E-state index in [0.717, 1.165) is 17.6 Å². The lowest BCUT2D eigenvalue weighted by Crippen LogP contribution is -2.44. The largest absolute Gasteiger partial charge is 0.465 e. The van der Waals surface area contributed by atoms with Crippen molar-refractivity contribution in [2.45, 2.75) is 30.7 Å². The molecule has 0 bridgehead atoms. The molecule has 2 fully saturated rings. The van der Waals surface area contributed by atoms with Crippen molar-refractivity contribution in [1.29, 1.82) is 0 Å². The molecule has 0 aliphatic carbocycles. The average molecular weight is 498 g/mol. The molecule has 0 radical (unpaired) electrons. The zero-order chi connectivity index (χ0) is 24.6. The minimum absolute atomic E-state index is 0.116. The first-order valence-electron chi connectivity index (χ1n) is 11.5. The number of nitrogens with one attached hydrogen (secondary N) is 1. The van der Waals surface area contributed by atoms with Crippen molar-refractivity contribution >= 4 is 27.7 Å². The van der Waals surface area contributed by atoms with Gasteiger partial charge in [-0.1, -0.05) is 12.1 Å². The van der Waals surface area contributed by atoms with Crippen LogP contribution in [0.25, 0.3) is 5.65 Å². The van der Waals surface area contributed by atoms with Crippen LogP contribution in [0.5, 0.6) is 0 Å². The van der Waals surface area contributed by atoms with Crippen molar-refractivity contribution in [1.82, 2.24) is 23.9 Å². The Hall–Kier alpha value is -3.44. The Morgan fingerprint density at radius 2 is 1.74 bits per heavy atom. The maximum atomic E-state index is 13.2. The van der Waals surface area contributed by atoms with Crippen LogP contribution in [0.3, 0.4) is 0 Å². The number of nitrogens with zero attached hydrogens (tertiary/aromatic N) is 4. The molecule has 2 saturated heterocycles. The van der Waals surface area contributed by atoms with Crippen molar-refractivity contribution < 1.29 is 23.1 Å². The molecule has 4 heterocycles. The summed E-state index contributed by atoms with van der Waals surface area (Å²) in [5.41, 5.74) is 1.94. The van der Waals surface area contributed by atoms with Crippen molar-refractivity contribution in [2.75, 3.05) is 26.2 Å². The number of carboxylic acid groups (broad SMARTS) is 1. The zero-order valence-electron chi connectivity index (χ0n) is 19.1. The van der Waals surface area contributed by atoms with E-state index in [1.807, 2.05) is 0 Å². The number of rotatable bonds is 5. The lowest BCUT2D eigenvalue weighted by atomic mass is 9.78. The molecule has 0 unspecified atom stereocenters. The Balaban J connectivity index is 1.18. The molecule has 10 nitrogen and oxygen atoms in total. The summed E-state index contributed by atoms with van der Waals surface area (Å²) in [5, 5.41) is 12.1. The van der Waals surface area contributed by atoms with Gasteiger partial charge < -0.3 is 19.7 Å². The molecular weight excluding hydrogens is 470 g/mol. The number of sulfonamides is 1. The molecule has 2 aliphatic heterocycles. The third-order valence-electron chi connectivity index (χ3n) is 7.16. The summed E-state index contributed by atoms with van der Waals surface area (Å²) >= 11 is 0. The number of carbonyl (C=O) groups excluding carboxylic acids is 1. The first kappa shape index (κ1) is 23.3. The van der Waals surface area contributed by atoms with Gasteiger partial charge in [-0.15, -0.1) is 0 Å². The van der Waals surface area contributed by atoms with E-state index in [1.165, 1.54) is 9.21 Å². The van der Waals surface area contributed by atoms with Gasteiger partial charge in [0.25, 0.3) is 5.91 Å². The van der Waals surface area contributed by atoms with Gasteiger partial charge in [0.1, 0.15) is 5.65 Å². The van der Waals surface area contributed by atoms with Gasteiger partial charge in [-0.05, 0) is 54.5 Å². The van der Waals surface area contributed by atoms with Gasteiger partial charge in [-0.2, -0.15) is 4.31 Å². The Bertz CT molecular complexity index is 1360. The highest BCUT2D eigenvalue weighted by molar-refractivity contribution is 7.89. The molecule has 2 N–H and O–H groups in total. The highest BCUT2D eigenvalue weighted by Crippen LogP contribution is 2.41. The number of pyridine rings is 1. The van der Waals surface area contributed by atoms with Crippen molar-refractivity contribution in [3.8, 4) is 0 Å². The van der Waals surface area contributed by atoms with E-state index >= 15 is 0 Å². The molecule has 2 amide bonds. The summed E-state index contributed by atoms with van der Waals surface area (Å²) in [6, 6.07) is 10.0. The Morgan fingerprint density at radius 3 is 2.43 bits per heavy atom. The fraction of sp³-hybridized carbons (Fsp3) is 0.375. The van der Waals surface area contributed by atoms with Gasteiger partial charge in [0.05, 0.1) is 10.5 Å². The second-order valence-corrected chi connectivity index (χ2v) is 11.2. The predicted octanol–water partition coefficient (Wildman–Crippen LogP) is 2.42. The van der Waals surface area contributed by atoms with E-state index < -0.39 is 16.1 Å². The highest BCUT2D eigenvalue weighted by atomic mass is 32.2. The minimum atomic E-state index is -3.64. The fourth-order valence-electron chi connectivity index (χ4n) is 4.97. The maximum Gasteiger partial charge on any atom is 0.407 e. The van der Waals surface area contributed by atoms with E-state index in [4.69, 9.17) is 0 Å². The van der Waals surface area contributed by atoms with E-state index in [-0.39, 0.29) is 22.8 Å². The minimum Gasteiger partial charge on any atom is -0.465 e. The van der Waals surface area contributed by atoms with Crippen molar-refractivity contribution in [2.24, 2.45) is 5.41 Å². The lowest BCUT2D eigenvalue weighted by Gasteiger charge is -2.38. The molecule has 0 saturated carbocycles. The quantitative estimate of drug-likeness (QED) is 0.558. The van der Waals surface area contributed by atoms with Crippen LogP contribution < -0.4 is 5.32 Å². The third kappa shape index (κ3) is 4.61. The van der Waals surface area contributed by atoms with E-state index in [0.29, 0.717) is 44.6 Å². The summed E-state index contributed by atoms with van der Waals surface area (Å²) < 4.78 is 29.6. The summed E-state index contributed by atoms with van der Waals surface area (Å²) in [6.07, 6.45) is 6.33. The van der Waals surface area contributed by atoms with Crippen LogP contribution in [-0.2, 0) is 16.6 Å². The zero-order valence-corrected chi connectivity index (χ0v) is 19.9. The van der Waals surface area contributed by atoms with E-state index in [1.54, 1.807) is 59.4 Å². The molecule has 11 heteroatoms. The molecule has 184 valence electrons. The van der Waals surface area contributed by atoms with Gasteiger partial charge in [0.15, 0.2) is 0 Å². The van der Waals surface area contributed by atoms with Crippen LogP contribution in [0.15, 0.2) is 59.9 Å². The normalized spacial score (nSPS) is 18.2. The van der Waals surface area contributed by atoms with Gasteiger partial charge in [0, 0.05) is 51.3 Å². The number of piperidine rings is 1. The molecule has 3 aromatic rings. The van der Waals surface area contributed by atoms with Crippen LogP contribution in [-0.4, -0.2) is 70.3 Å². The molecular formula is C24H27N5O5S. The van der Waals surface area contributed by atoms with Crippen LogP contribution in [0, 0.1) is 5.41 Å². The Morgan fingerprint density at radius 1 is 1.03 bits per heavy atom. The van der Waals surface area contributed by atoms with Crippen LogP contribution in [0.2, 0.25) is 0 Å². The number of hydrogen-bond donors (Lipinski definition) is 2. The first-order valence-corrected chi connectivity index (χ1v) is 13.0. The van der Waals surface area contributed by atoms with Crippen LogP contribution in [0.4, 0.5) is 4.79 Å². The summed E-state index contributed by atoms with van der Waals surface area (Å²) in [4.78, 5) is 29.5. The number of likely N-dealkylation sites (tertiary alicyclic amines) is 1. The molecule has 2 aliphatic rings. The second-order valence-electron chi connectivity index (χ2n) is 9.30. The fourth-order valence-corrected chi connectivity index (χ4v) is 6.42. The number of hydrogen-bond acceptors (Lipinski definition) is 5. The molecule has 2 aromatic heterocycles. The number of aromatic nitrogens is 2. The van der Waals surface area contributed by atoms with Crippen LogP contribution in [0.1, 0.15) is 35.2 Å². The first-order chi connectivity index (χ1) is 16.8. The predicted molar refractivity (Wildman–Crippen MR) is 127 cm³/mol. The Labute approximate surface area is 203 Å². The number of imidazole rings is 1. The molecule has 35 heavy (non-hydrogen) atoms. The molecule has 0 atom stereocenters. The Kier molecular flexibility index (Phi) is 5.97. The molecule has 1 aromatic carbocycles. The topological polar surface area (TPSA) is 124 Å². The molecule has 1 spiro atoms. The highest BCUT2D eigenvalue weighted by Gasteiger charge is 2.44. The SMILES string of the molecule is O=C(NCc1ccc(S(=O)(=O)N2CCC3(CCN(C(=O)O)C3)CC2)cc1)c1ccc2nccn2c1. The van der Waals surface area contributed by atoms with Gasteiger partial charge in [-0.3, -0.25) is 4.79 Å². The smallest absolute Gasteiger partial charge is 0.407 e. The standard InChI is InChI=1S/C24H27N5O5S/c30-22(19-3-6-21-25-10-14-27(21)16-19)26-15-18-1-4-20(5-2-18)35(33,34)29-12-8-24(9-13-29)7-11-28(17-24)23(31)32/h1-6,10,14,16H,7-9,11-13,15,17H2,(H,26,30)(H,31,32). The van der Waals surface area contributed by atoms with Gasteiger partial charge in [-0.25, -0.2) is 18.2 Å². The van der Waals surface area contributed by atoms with Crippen molar-refractivity contribution in [3.63, 3.8) is 0 Å². The maximum absolute atomic E-state index is 13.2. The number of fused-ring (bicyclic) bond motifs is 1. The molecule has 5 rings (SSSR count). The van der Waals surface area contributed by atoms with Gasteiger partial charge in [0.2, 0.25) is 10.0 Å². The van der Waals surface area contributed by atoms with Crippen molar-refractivity contribution in [3.05, 3.63) is 66.1 Å². The second kappa shape index (κ2) is 8.97. The number of amides is 2. The summed E-state index contributed by atoms with van der Waals surface area (Å²) in [6.45, 7) is 2.03. The monoisotopic (exact) mass is 497 g/mol. The third-order valence-corrected chi connectivity index (χ3v) is 9.07. The van der Waals surface area contributed by atoms with E-state index in [9.17, 15) is 23.1 Å². The number of carbonyl (C=O) groups is 2.